The molecule has 0 saturated heterocycles. The van der Waals surface area contributed by atoms with Crippen LogP contribution in [0, 0.1) is 16.7 Å². The summed E-state index contributed by atoms with van der Waals surface area (Å²) in [6.07, 6.45) is 1.74. The third-order valence-electron chi connectivity index (χ3n) is 1.67. The van der Waals surface area contributed by atoms with Crippen LogP contribution >= 0.6 is 0 Å². The fourth-order valence-electron chi connectivity index (χ4n) is 0.931. The maximum atomic E-state index is 7.67. The van der Waals surface area contributed by atoms with Gasteiger partial charge in [-0.3, -0.25) is 15.4 Å². The van der Waals surface area contributed by atoms with E-state index in [4.69, 9.17) is 10.8 Å². The van der Waals surface area contributed by atoms with Crippen LogP contribution in [0.4, 0.5) is 0 Å². The minimum absolute atomic E-state index is 0.154. The molecule has 1 aromatic heterocycles. The van der Waals surface area contributed by atoms with Crippen LogP contribution in [0.1, 0.15) is 13.8 Å². The van der Waals surface area contributed by atoms with Crippen LogP contribution in [-0.4, -0.2) is 10.4 Å². The predicted molar refractivity (Wildman–Crippen MR) is 48.2 cm³/mol. The predicted octanol–water partition coefficient (Wildman–Crippen LogP) is 1.45. The van der Waals surface area contributed by atoms with E-state index in [1.807, 2.05) is 19.9 Å². The van der Waals surface area contributed by atoms with Gasteiger partial charge in [-0.15, -0.1) is 0 Å². The van der Waals surface area contributed by atoms with E-state index in [1.54, 1.807) is 22.9 Å². The van der Waals surface area contributed by atoms with Gasteiger partial charge in [0.25, 0.3) is 0 Å². The van der Waals surface area contributed by atoms with E-state index in [0.29, 0.717) is 11.3 Å². The van der Waals surface area contributed by atoms with Gasteiger partial charge in [0, 0.05) is 12.1 Å². The van der Waals surface area contributed by atoms with Gasteiger partial charge in [0.15, 0.2) is 0 Å². The molecule has 0 amide bonds. The molecular formula is C9H13N3. The molecule has 0 bridgehead atoms. The monoisotopic (exact) mass is 163 g/mol. The summed E-state index contributed by atoms with van der Waals surface area (Å²) in [6, 6.07) is 5.30. The second-order valence-electron chi connectivity index (χ2n) is 3.00. The van der Waals surface area contributed by atoms with Gasteiger partial charge >= 0.3 is 0 Å². The largest absolute Gasteiger partial charge is 0.290 e. The van der Waals surface area contributed by atoms with Gasteiger partial charge in [-0.2, -0.15) is 0 Å². The number of hydrogen-bond donors (Lipinski definition) is 2. The summed E-state index contributed by atoms with van der Waals surface area (Å²) in [4.78, 5) is 0. The van der Waals surface area contributed by atoms with E-state index in [2.05, 4.69) is 0 Å². The van der Waals surface area contributed by atoms with Crippen LogP contribution in [0.5, 0.6) is 0 Å². The third kappa shape index (κ3) is 1.61. The first-order chi connectivity index (χ1) is 5.63. The molecule has 0 saturated carbocycles. The minimum atomic E-state index is 0.154. The Morgan fingerprint density at radius 2 is 2.08 bits per heavy atom. The first-order valence-corrected chi connectivity index (χ1v) is 3.94. The zero-order valence-corrected chi connectivity index (χ0v) is 7.33. The minimum Gasteiger partial charge on any atom is -0.290 e. The second-order valence-corrected chi connectivity index (χ2v) is 3.00. The van der Waals surface area contributed by atoms with E-state index < -0.39 is 0 Å². The van der Waals surface area contributed by atoms with E-state index >= 15 is 0 Å². The van der Waals surface area contributed by atoms with Gasteiger partial charge in [0.05, 0.1) is 0 Å². The number of rotatable bonds is 1. The summed E-state index contributed by atoms with van der Waals surface area (Å²) < 4.78 is 1.57. The van der Waals surface area contributed by atoms with Crippen molar-refractivity contribution >= 4 is 5.84 Å². The molecule has 0 aliphatic rings. The van der Waals surface area contributed by atoms with Gasteiger partial charge in [0.1, 0.15) is 11.3 Å². The smallest absolute Gasteiger partial charge is 0.130 e. The van der Waals surface area contributed by atoms with E-state index in [-0.39, 0.29) is 5.92 Å². The molecule has 3 nitrogen and oxygen atoms in total. The standard InChI is InChI=1S/C9H13N3/c1-7(2)9(11)12-6-4-3-5-8(12)10/h3-7,10-11H,1-2H3. The quantitative estimate of drug-likeness (QED) is 0.465. The number of pyridine rings is 1. The molecule has 0 spiro atoms. The van der Waals surface area contributed by atoms with Crippen molar-refractivity contribution in [3.05, 3.63) is 29.9 Å². The van der Waals surface area contributed by atoms with E-state index in [9.17, 15) is 0 Å². The Hall–Kier alpha value is -1.38. The molecule has 1 aromatic rings. The van der Waals surface area contributed by atoms with Gasteiger partial charge in [-0.25, -0.2) is 0 Å². The fourth-order valence-corrected chi connectivity index (χ4v) is 0.931. The summed E-state index contributed by atoms with van der Waals surface area (Å²) >= 11 is 0. The molecule has 2 N–H and O–H groups in total. The fraction of sp³-hybridized carbons (Fsp3) is 0.333. The molecule has 1 rings (SSSR count). The van der Waals surface area contributed by atoms with E-state index in [1.165, 1.54) is 0 Å². The molecule has 0 unspecified atom stereocenters. The molecule has 0 aliphatic carbocycles. The van der Waals surface area contributed by atoms with Gasteiger partial charge in [-0.05, 0) is 12.1 Å². The highest BCUT2D eigenvalue weighted by Crippen LogP contribution is 1.95. The van der Waals surface area contributed by atoms with Crippen LogP contribution in [0.2, 0.25) is 0 Å². The van der Waals surface area contributed by atoms with Crippen LogP contribution < -0.4 is 5.49 Å². The van der Waals surface area contributed by atoms with Crippen molar-refractivity contribution in [1.82, 2.24) is 4.57 Å². The van der Waals surface area contributed by atoms with Crippen molar-refractivity contribution in [3.8, 4) is 0 Å². The lowest BCUT2D eigenvalue weighted by atomic mass is 10.2. The zero-order chi connectivity index (χ0) is 9.14. The summed E-state index contributed by atoms with van der Waals surface area (Å²) in [6.45, 7) is 3.89. The summed E-state index contributed by atoms with van der Waals surface area (Å²) in [5.74, 6) is 0.613. The average molecular weight is 163 g/mol. The number of hydrogen-bond acceptors (Lipinski definition) is 2. The Morgan fingerprint density at radius 1 is 1.42 bits per heavy atom. The lowest BCUT2D eigenvalue weighted by Crippen LogP contribution is -2.28. The van der Waals surface area contributed by atoms with Crippen molar-refractivity contribution in [2.45, 2.75) is 13.8 Å². The van der Waals surface area contributed by atoms with E-state index in [0.717, 1.165) is 0 Å². The Labute approximate surface area is 71.7 Å². The topological polar surface area (TPSA) is 52.6 Å². The molecule has 0 aliphatic heterocycles. The number of nitrogens with one attached hydrogen (secondary N) is 2. The molecule has 3 heteroatoms. The van der Waals surface area contributed by atoms with Crippen LogP contribution in [0.15, 0.2) is 24.4 Å². The molecule has 12 heavy (non-hydrogen) atoms. The van der Waals surface area contributed by atoms with Gasteiger partial charge in [0.2, 0.25) is 0 Å². The van der Waals surface area contributed by atoms with Gasteiger partial charge < -0.3 is 0 Å². The Bertz CT molecular complexity index is 336. The highest BCUT2D eigenvalue weighted by atomic mass is 15.0. The third-order valence-corrected chi connectivity index (χ3v) is 1.67. The summed E-state index contributed by atoms with van der Waals surface area (Å²) in [5.41, 5.74) is 0.358. The van der Waals surface area contributed by atoms with Crippen molar-refractivity contribution in [2.75, 3.05) is 0 Å². The van der Waals surface area contributed by atoms with Crippen LogP contribution in [0.25, 0.3) is 0 Å². The maximum Gasteiger partial charge on any atom is 0.130 e. The Morgan fingerprint density at radius 3 is 2.58 bits per heavy atom. The zero-order valence-electron chi connectivity index (χ0n) is 7.33. The Balaban J connectivity index is 3.12. The lowest BCUT2D eigenvalue weighted by molar-refractivity contribution is 0.799. The van der Waals surface area contributed by atoms with Crippen LogP contribution in [-0.2, 0) is 0 Å². The summed E-state index contributed by atoms with van der Waals surface area (Å²) in [5, 5.41) is 15.2. The van der Waals surface area contributed by atoms with Crippen molar-refractivity contribution in [3.63, 3.8) is 0 Å². The first kappa shape index (κ1) is 8.71. The van der Waals surface area contributed by atoms with Crippen molar-refractivity contribution < 1.29 is 0 Å². The molecule has 0 radical (unpaired) electrons. The number of aromatic nitrogens is 1. The lowest BCUT2D eigenvalue weighted by Gasteiger charge is -2.10. The molecular weight excluding hydrogens is 150 g/mol. The summed E-state index contributed by atoms with van der Waals surface area (Å²) in [7, 11) is 0. The van der Waals surface area contributed by atoms with Crippen molar-refractivity contribution in [2.24, 2.45) is 5.92 Å². The molecule has 0 fully saturated rings. The first-order valence-electron chi connectivity index (χ1n) is 3.94. The molecule has 0 atom stereocenters. The SMILES string of the molecule is CC(C)C(=N)n1ccccc1=N. The molecule has 1 heterocycles. The maximum absolute atomic E-state index is 7.67. The Kier molecular flexibility index (Phi) is 2.43. The highest BCUT2D eigenvalue weighted by Gasteiger charge is 2.03. The van der Waals surface area contributed by atoms with Crippen molar-refractivity contribution in [1.29, 1.82) is 10.8 Å². The average Bonchev–Trinajstić information content (AvgIpc) is 2.04. The second kappa shape index (κ2) is 3.34. The highest BCUT2D eigenvalue weighted by molar-refractivity contribution is 5.82. The number of nitrogens with zero attached hydrogens (tertiary/aromatic N) is 1. The normalized spacial score (nSPS) is 10.2. The molecule has 64 valence electrons. The molecule has 0 aromatic carbocycles. The van der Waals surface area contributed by atoms with Crippen LogP contribution in [0.3, 0.4) is 0 Å². The van der Waals surface area contributed by atoms with Gasteiger partial charge in [-0.1, -0.05) is 19.9 Å².